The first-order valence-electron chi connectivity index (χ1n) is 4.09. The molecule has 2 rings (SSSR count). The molecule has 0 saturated heterocycles. The van der Waals surface area contributed by atoms with Crippen molar-refractivity contribution in [3.63, 3.8) is 0 Å². The van der Waals surface area contributed by atoms with Crippen molar-refractivity contribution < 1.29 is 18.7 Å². The molecule has 14 heavy (non-hydrogen) atoms. The fraction of sp³-hybridized carbons (Fsp3) is 0.500. The van der Waals surface area contributed by atoms with Crippen molar-refractivity contribution in [3.05, 3.63) is 16.1 Å². The Morgan fingerprint density at radius 1 is 1.64 bits per heavy atom. The first kappa shape index (κ1) is 9.51. The van der Waals surface area contributed by atoms with E-state index in [0.29, 0.717) is 17.0 Å². The monoisotopic (exact) mass is 219 g/mol. The molecule has 0 spiro atoms. The van der Waals surface area contributed by atoms with Gasteiger partial charge < -0.3 is 5.11 Å². The summed E-state index contributed by atoms with van der Waals surface area (Å²) in [7, 11) is 0. The summed E-state index contributed by atoms with van der Waals surface area (Å²) < 4.78 is 25.8. The molecule has 1 heterocycles. The number of carbonyl (C=O) groups is 1. The van der Waals surface area contributed by atoms with Gasteiger partial charge in [0.05, 0.1) is 5.69 Å². The molecule has 3 nitrogen and oxygen atoms in total. The molecule has 0 bridgehead atoms. The van der Waals surface area contributed by atoms with Gasteiger partial charge in [0.1, 0.15) is 0 Å². The van der Waals surface area contributed by atoms with E-state index in [0.717, 1.165) is 12.8 Å². The minimum absolute atomic E-state index is 0.268. The van der Waals surface area contributed by atoms with Gasteiger partial charge in [-0.15, -0.1) is 11.3 Å². The minimum Gasteiger partial charge on any atom is -0.476 e. The third kappa shape index (κ3) is 1.50. The summed E-state index contributed by atoms with van der Waals surface area (Å²) in [6.45, 7) is 0. The molecule has 1 saturated carbocycles. The molecule has 0 aromatic carbocycles. The number of hydrogen-bond acceptors (Lipinski definition) is 3. The zero-order valence-electron chi connectivity index (χ0n) is 7.04. The van der Waals surface area contributed by atoms with Crippen LogP contribution in [0.1, 0.15) is 29.5 Å². The van der Waals surface area contributed by atoms with Gasteiger partial charge in [0.2, 0.25) is 0 Å². The van der Waals surface area contributed by atoms with E-state index in [1.54, 1.807) is 0 Å². The Morgan fingerprint density at radius 2 is 2.29 bits per heavy atom. The summed E-state index contributed by atoms with van der Waals surface area (Å²) in [5.41, 5.74) is 0.603. The Kier molecular flexibility index (Phi) is 2.02. The molecule has 6 heteroatoms. The van der Waals surface area contributed by atoms with E-state index >= 15 is 0 Å². The largest absolute Gasteiger partial charge is 0.476 e. The lowest BCUT2D eigenvalue weighted by Crippen LogP contribution is -2.25. The minimum atomic E-state index is -3.85. The third-order valence-corrected chi connectivity index (χ3v) is 2.99. The van der Waals surface area contributed by atoms with E-state index in [9.17, 15) is 13.6 Å². The van der Waals surface area contributed by atoms with Crippen molar-refractivity contribution in [2.45, 2.75) is 24.7 Å². The van der Waals surface area contributed by atoms with Gasteiger partial charge in [-0.05, 0) is 12.8 Å². The van der Waals surface area contributed by atoms with E-state index in [1.165, 1.54) is 5.38 Å². The van der Waals surface area contributed by atoms with Crippen LogP contribution in [0.2, 0.25) is 0 Å². The first-order chi connectivity index (χ1) is 6.51. The van der Waals surface area contributed by atoms with Gasteiger partial charge in [0.15, 0.2) is 5.01 Å². The third-order valence-electron chi connectivity index (χ3n) is 2.05. The molecule has 1 aliphatic carbocycles. The fourth-order valence-electron chi connectivity index (χ4n) is 1.09. The molecule has 1 aliphatic rings. The van der Waals surface area contributed by atoms with Crippen molar-refractivity contribution in [2.75, 3.05) is 0 Å². The van der Waals surface area contributed by atoms with Gasteiger partial charge in [-0.3, -0.25) is 0 Å². The number of carboxylic acid groups (broad SMARTS) is 1. The number of hydrogen-bond donors (Lipinski definition) is 1. The molecule has 1 fully saturated rings. The number of nitrogens with zero attached hydrogens (tertiary/aromatic N) is 1. The molecule has 1 N–H and O–H groups in total. The zero-order chi connectivity index (χ0) is 10.3. The van der Waals surface area contributed by atoms with Crippen LogP contribution < -0.4 is 0 Å². The number of alkyl halides is 2. The van der Waals surface area contributed by atoms with E-state index in [4.69, 9.17) is 5.11 Å². The number of aromatic nitrogens is 1. The molecule has 0 aliphatic heterocycles. The second kappa shape index (κ2) is 2.98. The van der Waals surface area contributed by atoms with Gasteiger partial charge in [-0.1, -0.05) is 0 Å². The van der Waals surface area contributed by atoms with Gasteiger partial charge >= 0.3 is 11.9 Å². The Hall–Kier alpha value is -1.04. The Balaban J connectivity index is 2.27. The highest BCUT2D eigenvalue weighted by Gasteiger charge is 2.44. The lowest BCUT2D eigenvalue weighted by atomic mass is 10.3. The first-order valence-corrected chi connectivity index (χ1v) is 4.97. The molecule has 0 amide bonds. The van der Waals surface area contributed by atoms with Crippen LogP contribution in [-0.2, 0) is 10.7 Å². The molecule has 1 aromatic rings. The second-order valence-electron chi connectivity index (χ2n) is 3.23. The van der Waals surface area contributed by atoms with Crippen LogP contribution in [0.4, 0.5) is 8.78 Å². The predicted octanol–water partition coefficient (Wildman–Crippen LogP) is 2.20. The average Bonchev–Trinajstić information content (AvgIpc) is 2.83. The van der Waals surface area contributed by atoms with Crippen molar-refractivity contribution >= 4 is 17.3 Å². The highest BCUT2D eigenvalue weighted by Crippen LogP contribution is 2.42. The number of rotatable bonds is 3. The standard InChI is InChI=1S/C8H7F2NO2S/c9-8(10,7(12)13)6-11-5(3-14-6)4-1-2-4/h3-4H,1-2H2,(H,12,13). The van der Waals surface area contributed by atoms with E-state index in [1.807, 2.05) is 0 Å². The van der Waals surface area contributed by atoms with Crippen molar-refractivity contribution in [3.8, 4) is 0 Å². The van der Waals surface area contributed by atoms with Crippen LogP contribution >= 0.6 is 11.3 Å². The maximum atomic E-state index is 12.9. The SMILES string of the molecule is O=C(O)C(F)(F)c1nc(C2CC2)cs1. The summed E-state index contributed by atoms with van der Waals surface area (Å²) in [4.78, 5) is 13.9. The van der Waals surface area contributed by atoms with Gasteiger partial charge in [-0.25, -0.2) is 9.78 Å². The normalized spacial score (nSPS) is 17.0. The van der Waals surface area contributed by atoms with Crippen molar-refractivity contribution in [1.29, 1.82) is 0 Å². The highest BCUT2D eigenvalue weighted by molar-refractivity contribution is 7.09. The van der Waals surface area contributed by atoms with E-state index in [-0.39, 0.29) is 5.92 Å². The van der Waals surface area contributed by atoms with Gasteiger partial charge in [0.25, 0.3) is 0 Å². The summed E-state index contributed by atoms with van der Waals surface area (Å²) in [5.74, 6) is -5.73. The Labute approximate surface area is 82.4 Å². The topological polar surface area (TPSA) is 50.2 Å². The fourth-order valence-corrected chi connectivity index (χ4v) is 1.96. The van der Waals surface area contributed by atoms with E-state index in [2.05, 4.69) is 4.98 Å². The number of halogens is 2. The maximum absolute atomic E-state index is 12.9. The Bertz CT molecular complexity index is 373. The number of thiazole rings is 1. The molecular formula is C8H7F2NO2S. The maximum Gasteiger partial charge on any atom is 0.393 e. The zero-order valence-corrected chi connectivity index (χ0v) is 7.85. The predicted molar refractivity (Wildman–Crippen MR) is 45.6 cm³/mol. The highest BCUT2D eigenvalue weighted by atomic mass is 32.1. The molecular weight excluding hydrogens is 212 g/mol. The van der Waals surface area contributed by atoms with Gasteiger partial charge in [-0.2, -0.15) is 8.78 Å². The van der Waals surface area contributed by atoms with E-state index < -0.39 is 16.9 Å². The van der Waals surface area contributed by atoms with Crippen molar-refractivity contribution in [2.24, 2.45) is 0 Å². The number of carboxylic acids is 1. The Morgan fingerprint density at radius 3 is 2.79 bits per heavy atom. The van der Waals surface area contributed by atoms with Crippen LogP contribution in [0.3, 0.4) is 0 Å². The summed E-state index contributed by atoms with van der Waals surface area (Å²) in [6.07, 6.45) is 1.92. The lowest BCUT2D eigenvalue weighted by Gasteiger charge is -2.05. The summed E-state index contributed by atoms with van der Waals surface area (Å²) in [5, 5.41) is 9.17. The lowest BCUT2D eigenvalue weighted by molar-refractivity contribution is -0.166. The van der Waals surface area contributed by atoms with Crippen molar-refractivity contribution in [1.82, 2.24) is 4.98 Å². The quantitative estimate of drug-likeness (QED) is 0.847. The molecule has 1 aromatic heterocycles. The summed E-state index contributed by atoms with van der Waals surface area (Å²) >= 11 is 0.711. The average molecular weight is 219 g/mol. The second-order valence-corrected chi connectivity index (χ2v) is 4.09. The van der Waals surface area contributed by atoms with Crippen LogP contribution in [0.15, 0.2) is 5.38 Å². The van der Waals surface area contributed by atoms with Gasteiger partial charge in [0, 0.05) is 11.3 Å². The molecule has 0 radical (unpaired) electrons. The molecule has 0 atom stereocenters. The smallest absolute Gasteiger partial charge is 0.393 e. The van der Waals surface area contributed by atoms with Crippen LogP contribution in [0.5, 0.6) is 0 Å². The van der Waals surface area contributed by atoms with Crippen LogP contribution in [-0.4, -0.2) is 16.1 Å². The summed E-state index contributed by atoms with van der Waals surface area (Å²) in [6, 6.07) is 0. The molecule has 76 valence electrons. The number of aliphatic carboxylic acids is 1. The van der Waals surface area contributed by atoms with Crippen LogP contribution in [0, 0.1) is 0 Å². The molecule has 0 unspecified atom stereocenters. The van der Waals surface area contributed by atoms with Crippen LogP contribution in [0.25, 0.3) is 0 Å².